The summed E-state index contributed by atoms with van der Waals surface area (Å²) >= 11 is 0. The Balaban J connectivity index is 1.84. The predicted molar refractivity (Wildman–Crippen MR) is 123 cm³/mol. The van der Waals surface area contributed by atoms with E-state index in [-0.39, 0.29) is 0 Å². The van der Waals surface area contributed by atoms with E-state index in [2.05, 4.69) is 97.1 Å². The first-order valence-electron chi connectivity index (χ1n) is 9.79. The maximum atomic E-state index is 2.36. The molecule has 7 aromatic rings. The fourth-order valence-corrected chi connectivity index (χ4v) is 5.13. The summed E-state index contributed by atoms with van der Waals surface area (Å²) in [4.78, 5) is 0. The molecule has 0 radical (unpaired) electrons. The molecule has 0 bridgehead atoms. The van der Waals surface area contributed by atoms with Crippen LogP contribution in [0.3, 0.4) is 0 Å². The molecule has 0 nitrogen and oxygen atoms in total. The van der Waals surface area contributed by atoms with Gasteiger partial charge in [-0.2, -0.15) is 0 Å². The summed E-state index contributed by atoms with van der Waals surface area (Å²) in [6.45, 7) is 0. The van der Waals surface area contributed by atoms with Crippen LogP contribution in [0.4, 0.5) is 0 Å². The van der Waals surface area contributed by atoms with Gasteiger partial charge in [-0.3, -0.25) is 0 Å². The number of fused-ring (bicyclic) bond motifs is 6. The van der Waals surface area contributed by atoms with Crippen LogP contribution in [0.1, 0.15) is 0 Å². The summed E-state index contributed by atoms with van der Waals surface area (Å²) in [6.07, 6.45) is 0. The Morgan fingerprint density at radius 3 is 1.64 bits per heavy atom. The van der Waals surface area contributed by atoms with E-state index in [9.17, 15) is 0 Å². The maximum absolute atomic E-state index is 2.36. The first-order chi connectivity index (χ1) is 13.9. The van der Waals surface area contributed by atoms with Gasteiger partial charge in [-0.05, 0) is 76.8 Å². The summed E-state index contributed by atoms with van der Waals surface area (Å²) in [7, 11) is 0. The van der Waals surface area contributed by atoms with E-state index >= 15 is 0 Å². The molecule has 0 unspecified atom stereocenters. The average Bonchev–Trinajstić information content (AvgIpc) is 2.76. The molecule has 0 aliphatic carbocycles. The highest BCUT2D eigenvalue weighted by Crippen LogP contribution is 2.42. The van der Waals surface area contributed by atoms with Crippen LogP contribution in [0, 0.1) is 0 Å². The van der Waals surface area contributed by atoms with Crippen LogP contribution in [0.2, 0.25) is 0 Å². The van der Waals surface area contributed by atoms with Crippen molar-refractivity contribution in [3.63, 3.8) is 0 Å². The molecule has 28 heavy (non-hydrogen) atoms. The van der Waals surface area contributed by atoms with Crippen LogP contribution < -0.4 is 0 Å². The molecule has 0 atom stereocenters. The van der Waals surface area contributed by atoms with Crippen LogP contribution in [0.15, 0.2) is 97.1 Å². The zero-order valence-electron chi connectivity index (χ0n) is 15.2. The van der Waals surface area contributed by atoms with E-state index in [0.717, 1.165) is 0 Å². The Labute approximate surface area is 162 Å². The van der Waals surface area contributed by atoms with Crippen molar-refractivity contribution < 1.29 is 0 Å². The molecule has 0 N–H and O–H groups in total. The lowest BCUT2D eigenvalue weighted by Gasteiger charge is -2.16. The zero-order valence-corrected chi connectivity index (χ0v) is 15.2. The van der Waals surface area contributed by atoms with Crippen molar-refractivity contribution in [1.82, 2.24) is 0 Å². The Kier molecular flexibility index (Phi) is 2.57. The fourth-order valence-electron chi connectivity index (χ4n) is 5.13. The first-order valence-corrected chi connectivity index (χ1v) is 9.79. The molecular weight excluding hydrogens is 336 g/mol. The van der Waals surface area contributed by atoms with E-state index in [1.54, 1.807) is 0 Å². The quantitative estimate of drug-likeness (QED) is 0.191. The van der Waals surface area contributed by atoms with Gasteiger partial charge in [0, 0.05) is 0 Å². The van der Waals surface area contributed by atoms with Crippen molar-refractivity contribution in [1.29, 1.82) is 0 Å². The van der Waals surface area contributed by atoms with Crippen molar-refractivity contribution in [3.8, 4) is 0 Å². The van der Waals surface area contributed by atoms with E-state index in [0.29, 0.717) is 0 Å². The van der Waals surface area contributed by atoms with Crippen molar-refractivity contribution in [2.45, 2.75) is 0 Å². The number of hydrogen-bond donors (Lipinski definition) is 0. The van der Waals surface area contributed by atoms with E-state index in [1.807, 2.05) is 0 Å². The molecule has 0 aliphatic rings. The van der Waals surface area contributed by atoms with E-state index in [4.69, 9.17) is 0 Å². The van der Waals surface area contributed by atoms with Crippen LogP contribution in [-0.4, -0.2) is 0 Å². The maximum Gasteiger partial charge on any atom is -0.00199 e. The summed E-state index contributed by atoms with van der Waals surface area (Å²) in [5, 5.41) is 16.1. The Morgan fingerprint density at radius 1 is 0.286 bits per heavy atom. The highest BCUT2D eigenvalue weighted by Gasteiger charge is 2.14. The third-order valence-corrected chi connectivity index (χ3v) is 6.33. The van der Waals surface area contributed by atoms with Gasteiger partial charge < -0.3 is 0 Å². The molecule has 0 spiro atoms. The molecule has 0 heterocycles. The Bertz CT molecular complexity index is 1700. The minimum absolute atomic E-state index is 1.30. The van der Waals surface area contributed by atoms with Crippen molar-refractivity contribution in [2.24, 2.45) is 0 Å². The van der Waals surface area contributed by atoms with Gasteiger partial charge in [-0.1, -0.05) is 84.9 Å². The highest BCUT2D eigenvalue weighted by atomic mass is 14.2. The summed E-state index contributed by atoms with van der Waals surface area (Å²) in [6, 6.07) is 35.9. The molecule has 0 amide bonds. The highest BCUT2D eigenvalue weighted by molar-refractivity contribution is 6.35. The van der Waals surface area contributed by atoms with Crippen molar-refractivity contribution in [3.05, 3.63) is 97.1 Å². The number of hydrogen-bond acceptors (Lipinski definition) is 0. The minimum Gasteiger partial charge on any atom is -0.0616 e. The molecular formula is C28H16. The molecule has 0 heteroatoms. The second kappa shape index (κ2) is 4.99. The van der Waals surface area contributed by atoms with Crippen LogP contribution in [-0.2, 0) is 0 Å². The smallest absolute Gasteiger partial charge is 0.00199 e. The summed E-state index contributed by atoms with van der Waals surface area (Å²) < 4.78 is 0. The molecule has 0 aliphatic heterocycles. The van der Waals surface area contributed by atoms with Gasteiger partial charge in [0.05, 0.1) is 0 Å². The molecule has 7 aromatic carbocycles. The summed E-state index contributed by atoms with van der Waals surface area (Å²) in [5.41, 5.74) is 0. The average molecular weight is 352 g/mol. The monoisotopic (exact) mass is 352 g/mol. The Morgan fingerprint density at radius 2 is 0.821 bits per heavy atom. The topological polar surface area (TPSA) is 0 Å². The van der Waals surface area contributed by atoms with Crippen LogP contribution in [0.25, 0.3) is 64.6 Å². The van der Waals surface area contributed by atoms with Gasteiger partial charge in [0.15, 0.2) is 0 Å². The van der Waals surface area contributed by atoms with Gasteiger partial charge in [-0.15, -0.1) is 0 Å². The fraction of sp³-hybridized carbons (Fsp3) is 0. The van der Waals surface area contributed by atoms with Gasteiger partial charge in [0.1, 0.15) is 0 Å². The molecule has 7 rings (SSSR count). The normalized spacial score (nSPS) is 12.3. The van der Waals surface area contributed by atoms with Crippen LogP contribution in [0.5, 0.6) is 0 Å². The lowest BCUT2D eigenvalue weighted by Crippen LogP contribution is -1.88. The van der Waals surface area contributed by atoms with Crippen LogP contribution >= 0.6 is 0 Å². The SMILES string of the molecule is c1ccc2c(c1)cc1ccc3cc4ccc5ccccc5c4c4ccc2c1c34. The first kappa shape index (κ1) is 14.4. The lowest BCUT2D eigenvalue weighted by atomic mass is 9.87. The molecule has 128 valence electrons. The number of benzene rings is 7. The lowest BCUT2D eigenvalue weighted by molar-refractivity contribution is 1.79. The molecule has 0 fully saturated rings. The predicted octanol–water partition coefficient (Wildman–Crippen LogP) is 8.04. The van der Waals surface area contributed by atoms with E-state index < -0.39 is 0 Å². The molecule has 0 saturated heterocycles. The van der Waals surface area contributed by atoms with Crippen molar-refractivity contribution in [2.75, 3.05) is 0 Å². The third-order valence-electron chi connectivity index (χ3n) is 6.33. The molecule has 0 aromatic heterocycles. The Hall–Kier alpha value is -3.64. The zero-order chi connectivity index (χ0) is 18.2. The summed E-state index contributed by atoms with van der Waals surface area (Å²) in [5.74, 6) is 0. The van der Waals surface area contributed by atoms with Gasteiger partial charge >= 0.3 is 0 Å². The second-order valence-corrected chi connectivity index (χ2v) is 7.78. The van der Waals surface area contributed by atoms with E-state index in [1.165, 1.54) is 64.6 Å². The largest absolute Gasteiger partial charge is 0.0616 e. The second-order valence-electron chi connectivity index (χ2n) is 7.78. The standard InChI is InChI=1S/C28H16/c1-4-8-23-17(5-1)9-10-19-16-21-12-11-20-15-18-6-2-3-7-22(18)24-13-14-25(26(19)23)28(21)27(20)24/h1-16H. The minimum atomic E-state index is 1.30. The number of rotatable bonds is 0. The third kappa shape index (κ3) is 1.70. The van der Waals surface area contributed by atoms with Crippen molar-refractivity contribution >= 4 is 64.6 Å². The van der Waals surface area contributed by atoms with Gasteiger partial charge in [-0.25, -0.2) is 0 Å². The van der Waals surface area contributed by atoms with Gasteiger partial charge in [0.25, 0.3) is 0 Å². The van der Waals surface area contributed by atoms with Gasteiger partial charge in [0.2, 0.25) is 0 Å². The molecule has 0 saturated carbocycles.